The van der Waals surface area contributed by atoms with Crippen molar-refractivity contribution < 1.29 is 20.1 Å². The molecule has 2 unspecified atom stereocenters. The molecule has 24 heavy (non-hydrogen) atoms. The van der Waals surface area contributed by atoms with E-state index in [1.165, 1.54) is 6.33 Å². The summed E-state index contributed by atoms with van der Waals surface area (Å²) in [7, 11) is 0. The predicted octanol–water partition coefficient (Wildman–Crippen LogP) is -0.768. The van der Waals surface area contributed by atoms with E-state index in [2.05, 4.69) is 27.2 Å². The summed E-state index contributed by atoms with van der Waals surface area (Å²) in [4.78, 5) is 12.5. The van der Waals surface area contributed by atoms with Gasteiger partial charge in [0, 0.05) is 6.54 Å². The van der Waals surface area contributed by atoms with Crippen LogP contribution in [0.25, 0.3) is 11.2 Å². The van der Waals surface area contributed by atoms with Crippen molar-refractivity contribution in [3.63, 3.8) is 0 Å². The van der Waals surface area contributed by atoms with Gasteiger partial charge in [-0.25, -0.2) is 15.0 Å². The highest BCUT2D eigenvalue weighted by Gasteiger charge is 2.45. The SMILES string of the molecule is CCCCNc1nc2c(N)ncnc2n1[C@@H]1O[C@H](CO)C(O)C1O. The highest BCUT2D eigenvalue weighted by Crippen LogP contribution is 2.34. The van der Waals surface area contributed by atoms with Gasteiger partial charge in [-0.05, 0) is 6.42 Å². The van der Waals surface area contributed by atoms with Crippen LogP contribution in [0.15, 0.2) is 6.33 Å². The molecule has 2 aromatic heterocycles. The third-order valence-electron chi connectivity index (χ3n) is 4.09. The molecule has 10 heteroatoms. The van der Waals surface area contributed by atoms with Crippen LogP contribution in [0.3, 0.4) is 0 Å². The van der Waals surface area contributed by atoms with Crippen molar-refractivity contribution >= 4 is 22.9 Å². The number of aromatic nitrogens is 4. The van der Waals surface area contributed by atoms with Gasteiger partial charge in [0.2, 0.25) is 5.95 Å². The van der Waals surface area contributed by atoms with Crippen molar-refractivity contribution in [2.75, 3.05) is 24.2 Å². The Hall–Kier alpha value is -2.01. The van der Waals surface area contributed by atoms with Gasteiger partial charge in [0.05, 0.1) is 6.61 Å². The lowest BCUT2D eigenvalue weighted by Crippen LogP contribution is -2.33. The van der Waals surface area contributed by atoms with Gasteiger partial charge in [-0.15, -0.1) is 0 Å². The number of anilines is 2. The molecule has 132 valence electrons. The molecule has 1 aliphatic rings. The molecule has 3 rings (SSSR count). The number of imidazole rings is 1. The van der Waals surface area contributed by atoms with E-state index in [0.29, 0.717) is 23.7 Å². The van der Waals surface area contributed by atoms with E-state index in [1.807, 2.05) is 0 Å². The third kappa shape index (κ3) is 2.77. The Bertz CT molecular complexity index is 708. The first-order chi connectivity index (χ1) is 11.6. The van der Waals surface area contributed by atoms with Crippen LogP contribution in [0, 0.1) is 0 Å². The topological polar surface area (TPSA) is 152 Å². The van der Waals surface area contributed by atoms with Crippen molar-refractivity contribution in [1.29, 1.82) is 0 Å². The lowest BCUT2D eigenvalue weighted by atomic mass is 10.1. The van der Waals surface area contributed by atoms with E-state index < -0.39 is 31.1 Å². The van der Waals surface area contributed by atoms with Crippen LogP contribution in [0.4, 0.5) is 11.8 Å². The maximum atomic E-state index is 10.3. The molecule has 1 aliphatic heterocycles. The summed E-state index contributed by atoms with van der Waals surface area (Å²) in [6.45, 7) is 2.33. The van der Waals surface area contributed by atoms with Gasteiger partial charge in [0.25, 0.3) is 0 Å². The number of rotatable bonds is 6. The van der Waals surface area contributed by atoms with E-state index in [9.17, 15) is 15.3 Å². The normalized spacial score (nSPS) is 27.0. The van der Waals surface area contributed by atoms with Gasteiger partial charge in [0.1, 0.15) is 24.6 Å². The number of hydrogen-bond acceptors (Lipinski definition) is 9. The summed E-state index contributed by atoms with van der Waals surface area (Å²) in [5.41, 5.74) is 6.63. The molecule has 3 heterocycles. The Morgan fingerprint density at radius 1 is 1.33 bits per heavy atom. The van der Waals surface area contributed by atoms with Gasteiger partial charge in [-0.3, -0.25) is 4.57 Å². The average Bonchev–Trinajstić information content (AvgIpc) is 3.07. The van der Waals surface area contributed by atoms with Crippen LogP contribution < -0.4 is 11.1 Å². The van der Waals surface area contributed by atoms with Gasteiger partial charge < -0.3 is 31.1 Å². The zero-order valence-electron chi connectivity index (χ0n) is 13.3. The quantitative estimate of drug-likeness (QED) is 0.428. The van der Waals surface area contributed by atoms with Crippen LogP contribution in [-0.2, 0) is 4.74 Å². The molecule has 6 N–H and O–H groups in total. The van der Waals surface area contributed by atoms with Crippen molar-refractivity contribution in [3.05, 3.63) is 6.33 Å². The van der Waals surface area contributed by atoms with Gasteiger partial charge >= 0.3 is 0 Å². The number of ether oxygens (including phenoxy) is 1. The van der Waals surface area contributed by atoms with Crippen LogP contribution in [-0.4, -0.2) is 66.3 Å². The van der Waals surface area contributed by atoms with Gasteiger partial charge in [-0.2, -0.15) is 0 Å². The molecule has 0 radical (unpaired) electrons. The summed E-state index contributed by atoms with van der Waals surface area (Å²) < 4.78 is 7.15. The molecule has 0 bridgehead atoms. The first kappa shape index (κ1) is 16.8. The van der Waals surface area contributed by atoms with E-state index in [1.54, 1.807) is 4.57 Å². The zero-order valence-corrected chi connectivity index (χ0v) is 13.3. The highest BCUT2D eigenvalue weighted by atomic mass is 16.6. The summed E-state index contributed by atoms with van der Waals surface area (Å²) in [5, 5.41) is 32.8. The van der Waals surface area contributed by atoms with Crippen molar-refractivity contribution in [3.8, 4) is 0 Å². The number of fused-ring (bicyclic) bond motifs is 1. The fourth-order valence-electron chi connectivity index (χ4n) is 2.76. The molecule has 1 fully saturated rings. The minimum absolute atomic E-state index is 0.212. The first-order valence-electron chi connectivity index (χ1n) is 7.93. The molecule has 2 aromatic rings. The Labute approximate surface area is 138 Å². The number of hydrogen-bond donors (Lipinski definition) is 5. The molecule has 0 spiro atoms. The predicted molar refractivity (Wildman–Crippen MR) is 86.1 cm³/mol. The molecule has 0 aromatic carbocycles. The Kier molecular flexibility index (Phi) is 4.81. The minimum atomic E-state index is -1.23. The van der Waals surface area contributed by atoms with Crippen molar-refractivity contribution in [2.45, 2.75) is 44.3 Å². The number of aliphatic hydroxyl groups excluding tert-OH is 3. The first-order valence-corrected chi connectivity index (χ1v) is 7.93. The molecule has 10 nitrogen and oxygen atoms in total. The monoisotopic (exact) mass is 338 g/mol. The molecule has 4 atom stereocenters. The number of nitrogens with zero attached hydrogens (tertiary/aromatic N) is 4. The standard InChI is InChI=1S/C14H22N6O4/c1-2-3-4-16-14-19-8-11(15)17-6-18-12(8)20(14)13-10(23)9(22)7(5-21)24-13/h6-7,9-10,13,21-23H,2-5H2,1H3,(H,16,19)(H2,15,17,18)/t7-,9?,10?,13-/m1/s1. The Balaban J connectivity index is 2.04. The average molecular weight is 338 g/mol. The van der Waals surface area contributed by atoms with E-state index >= 15 is 0 Å². The van der Waals surface area contributed by atoms with Crippen LogP contribution >= 0.6 is 0 Å². The maximum Gasteiger partial charge on any atom is 0.207 e. The van der Waals surface area contributed by atoms with Crippen molar-refractivity contribution in [2.24, 2.45) is 0 Å². The molecule has 0 aliphatic carbocycles. The lowest BCUT2D eigenvalue weighted by molar-refractivity contribution is -0.0501. The molecular formula is C14H22N6O4. The molecule has 0 amide bonds. The lowest BCUT2D eigenvalue weighted by Gasteiger charge is -2.19. The third-order valence-corrected chi connectivity index (χ3v) is 4.09. The number of aliphatic hydroxyl groups is 3. The second kappa shape index (κ2) is 6.85. The summed E-state index contributed by atoms with van der Waals surface area (Å²) in [6.07, 6.45) is -1.04. The van der Waals surface area contributed by atoms with E-state index in [4.69, 9.17) is 10.5 Å². The fraction of sp³-hybridized carbons (Fsp3) is 0.643. The van der Waals surface area contributed by atoms with Crippen LogP contribution in [0.2, 0.25) is 0 Å². The van der Waals surface area contributed by atoms with Crippen LogP contribution in [0.5, 0.6) is 0 Å². The van der Waals surface area contributed by atoms with Gasteiger partial charge in [0.15, 0.2) is 23.2 Å². The number of unbranched alkanes of at least 4 members (excludes halogenated alkanes) is 1. The Morgan fingerprint density at radius 2 is 2.12 bits per heavy atom. The maximum absolute atomic E-state index is 10.3. The fourth-order valence-corrected chi connectivity index (χ4v) is 2.76. The number of nitrogen functional groups attached to an aromatic ring is 1. The second-order valence-corrected chi connectivity index (χ2v) is 5.75. The van der Waals surface area contributed by atoms with Crippen molar-refractivity contribution in [1.82, 2.24) is 19.5 Å². The minimum Gasteiger partial charge on any atom is -0.394 e. The smallest absolute Gasteiger partial charge is 0.207 e. The van der Waals surface area contributed by atoms with Gasteiger partial charge in [-0.1, -0.05) is 13.3 Å². The largest absolute Gasteiger partial charge is 0.394 e. The second-order valence-electron chi connectivity index (χ2n) is 5.75. The highest BCUT2D eigenvalue weighted by molar-refractivity contribution is 5.84. The molecule has 1 saturated heterocycles. The molecule has 0 saturated carbocycles. The Morgan fingerprint density at radius 3 is 2.79 bits per heavy atom. The summed E-state index contributed by atoms with van der Waals surface area (Å²) >= 11 is 0. The summed E-state index contributed by atoms with van der Waals surface area (Å²) in [6, 6.07) is 0. The number of nitrogens with two attached hydrogens (primary N) is 1. The number of nitrogens with one attached hydrogen (secondary N) is 1. The van der Waals surface area contributed by atoms with Crippen LogP contribution in [0.1, 0.15) is 26.0 Å². The molecular weight excluding hydrogens is 316 g/mol. The summed E-state index contributed by atoms with van der Waals surface area (Å²) in [5.74, 6) is 0.629. The van der Waals surface area contributed by atoms with E-state index in [0.717, 1.165) is 12.8 Å². The zero-order chi connectivity index (χ0) is 17.3. The van der Waals surface area contributed by atoms with E-state index in [-0.39, 0.29) is 5.82 Å².